The number of aromatic amines is 1. The van der Waals surface area contributed by atoms with Crippen LogP contribution < -0.4 is 9.64 Å². The molecule has 1 atom stereocenters. The van der Waals surface area contributed by atoms with Gasteiger partial charge in [0.05, 0.1) is 13.2 Å². The SMILES string of the molecule is COc1ccc(N2CCc3ccccc3C2c2c[nH]c3ccc(Br)cc23)cc1. The van der Waals surface area contributed by atoms with Crippen LogP contribution >= 0.6 is 15.9 Å². The van der Waals surface area contributed by atoms with Crippen LogP contribution in [0.4, 0.5) is 5.69 Å². The second-order valence-electron chi connectivity index (χ2n) is 7.18. The van der Waals surface area contributed by atoms with Gasteiger partial charge in [0.2, 0.25) is 0 Å². The van der Waals surface area contributed by atoms with Crippen molar-refractivity contribution in [1.29, 1.82) is 0 Å². The van der Waals surface area contributed by atoms with Gasteiger partial charge in [0.15, 0.2) is 0 Å². The normalized spacial score (nSPS) is 16.2. The molecule has 0 spiro atoms. The minimum Gasteiger partial charge on any atom is -0.497 e. The molecule has 0 saturated heterocycles. The first-order chi connectivity index (χ1) is 13.7. The highest BCUT2D eigenvalue weighted by molar-refractivity contribution is 9.10. The molecule has 1 aliphatic rings. The zero-order valence-electron chi connectivity index (χ0n) is 15.7. The molecule has 1 aromatic heterocycles. The van der Waals surface area contributed by atoms with E-state index in [0.717, 1.165) is 28.7 Å². The fraction of sp³-hybridized carbons (Fsp3) is 0.167. The van der Waals surface area contributed by atoms with Crippen molar-refractivity contribution in [2.24, 2.45) is 0 Å². The molecule has 1 aliphatic heterocycles. The lowest BCUT2D eigenvalue weighted by Gasteiger charge is -2.39. The third kappa shape index (κ3) is 2.89. The molecule has 3 aromatic carbocycles. The molecule has 3 nitrogen and oxygen atoms in total. The lowest BCUT2D eigenvalue weighted by molar-refractivity contribution is 0.415. The summed E-state index contributed by atoms with van der Waals surface area (Å²) < 4.78 is 6.45. The Bertz CT molecular complexity index is 1130. The topological polar surface area (TPSA) is 28.3 Å². The number of halogens is 1. The lowest BCUT2D eigenvalue weighted by Crippen LogP contribution is -2.36. The van der Waals surface area contributed by atoms with Crippen molar-refractivity contribution >= 4 is 32.5 Å². The Morgan fingerprint density at radius 3 is 2.64 bits per heavy atom. The third-order valence-corrected chi connectivity index (χ3v) is 6.15. The Kier molecular flexibility index (Phi) is 4.36. The molecule has 5 rings (SSSR count). The van der Waals surface area contributed by atoms with Crippen LogP contribution in [0, 0.1) is 0 Å². The molecule has 0 aliphatic carbocycles. The van der Waals surface area contributed by atoms with Crippen LogP contribution in [-0.2, 0) is 6.42 Å². The van der Waals surface area contributed by atoms with Crippen molar-refractivity contribution < 1.29 is 4.74 Å². The van der Waals surface area contributed by atoms with Gasteiger partial charge in [-0.2, -0.15) is 0 Å². The fourth-order valence-electron chi connectivity index (χ4n) is 4.29. The molecular formula is C24H21BrN2O. The van der Waals surface area contributed by atoms with E-state index < -0.39 is 0 Å². The smallest absolute Gasteiger partial charge is 0.119 e. The summed E-state index contributed by atoms with van der Waals surface area (Å²) in [6.07, 6.45) is 3.21. The maximum atomic E-state index is 5.35. The summed E-state index contributed by atoms with van der Waals surface area (Å²) in [5.74, 6) is 0.883. The van der Waals surface area contributed by atoms with Crippen LogP contribution in [0.3, 0.4) is 0 Å². The number of nitrogens with zero attached hydrogens (tertiary/aromatic N) is 1. The second-order valence-corrected chi connectivity index (χ2v) is 8.09. The molecule has 1 unspecified atom stereocenters. The molecule has 140 valence electrons. The summed E-state index contributed by atoms with van der Waals surface area (Å²) in [4.78, 5) is 5.97. The molecule has 0 radical (unpaired) electrons. The molecule has 0 saturated carbocycles. The molecular weight excluding hydrogens is 412 g/mol. The van der Waals surface area contributed by atoms with E-state index in [1.165, 1.54) is 27.8 Å². The predicted octanol–water partition coefficient (Wildman–Crippen LogP) is 6.09. The van der Waals surface area contributed by atoms with Gasteiger partial charge in [-0.3, -0.25) is 0 Å². The van der Waals surface area contributed by atoms with Crippen LogP contribution in [0.25, 0.3) is 10.9 Å². The van der Waals surface area contributed by atoms with E-state index in [-0.39, 0.29) is 6.04 Å². The molecule has 0 bridgehead atoms. The molecule has 4 aromatic rings. The van der Waals surface area contributed by atoms with Gasteiger partial charge in [0.1, 0.15) is 5.75 Å². The lowest BCUT2D eigenvalue weighted by atomic mass is 9.87. The van der Waals surface area contributed by atoms with Gasteiger partial charge >= 0.3 is 0 Å². The minimum atomic E-state index is 0.168. The van der Waals surface area contributed by atoms with Crippen molar-refractivity contribution in [3.05, 3.63) is 94.1 Å². The van der Waals surface area contributed by atoms with Crippen molar-refractivity contribution in [2.45, 2.75) is 12.5 Å². The van der Waals surface area contributed by atoms with Crippen LogP contribution in [-0.4, -0.2) is 18.6 Å². The quantitative estimate of drug-likeness (QED) is 0.424. The number of fused-ring (bicyclic) bond motifs is 2. The first kappa shape index (κ1) is 17.4. The Morgan fingerprint density at radius 1 is 1.00 bits per heavy atom. The molecule has 4 heteroatoms. The van der Waals surface area contributed by atoms with E-state index in [0.29, 0.717) is 0 Å². The van der Waals surface area contributed by atoms with Gasteiger partial charge < -0.3 is 14.6 Å². The number of nitrogens with one attached hydrogen (secondary N) is 1. The fourth-order valence-corrected chi connectivity index (χ4v) is 4.66. The number of benzene rings is 3. The molecule has 28 heavy (non-hydrogen) atoms. The largest absolute Gasteiger partial charge is 0.497 e. The maximum Gasteiger partial charge on any atom is 0.119 e. The maximum absolute atomic E-state index is 5.35. The van der Waals surface area contributed by atoms with Gasteiger partial charge in [-0.15, -0.1) is 0 Å². The number of hydrogen-bond donors (Lipinski definition) is 1. The van der Waals surface area contributed by atoms with Crippen molar-refractivity contribution in [3.8, 4) is 5.75 Å². The molecule has 2 heterocycles. The second kappa shape index (κ2) is 7.02. The van der Waals surface area contributed by atoms with Gasteiger partial charge in [-0.1, -0.05) is 40.2 Å². The van der Waals surface area contributed by atoms with E-state index in [1.54, 1.807) is 7.11 Å². The van der Waals surface area contributed by atoms with E-state index in [9.17, 15) is 0 Å². The number of anilines is 1. The van der Waals surface area contributed by atoms with Crippen LogP contribution in [0.15, 0.2) is 77.4 Å². The summed E-state index contributed by atoms with van der Waals surface area (Å²) >= 11 is 3.64. The Hall–Kier alpha value is -2.72. The highest BCUT2D eigenvalue weighted by Gasteiger charge is 2.30. The summed E-state index contributed by atoms with van der Waals surface area (Å²) in [6, 6.07) is 23.8. The summed E-state index contributed by atoms with van der Waals surface area (Å²) in [5, 5.41) is 1.26. The highest BCUT2D eigenvalue weighted by atomic mass is 79.9. The summed E-state index contributed by atoms with van der Waals surface area (Å²) in [5.41, 5.74) is 6.49. The van der Waals surface area contributed by atoms with E-state index in [4.69, 9.17) is 4.74 Å². The Morgan fingerprint density at radius 2 is 1.82 bits per heavy atom. The van der Waals surface area contributed by atoms with E-state index in [2.05, 4.69) is 86.6 Å². The van der Waals surface area contributed by atoms with Crippen molar-refractivity contribution in [3.63, 3.8) is 0 Å². The standard InChI is InChI=1S/C24H21BrN2O/c1-28-19-9-7-18(8-10-19)27-13-12-16-4-2-3-5-20(16)24(27)22-15-26-23-11-6-17(25)14-21(22)23/h2-11,14-15,24,26H,12-13H2,1H3. The van der Waals surface area contributed by atoms with Gasteiger partial charge in [-0.25, -0.2) is 0 Å². The molecule has 1 N–H and O–H groups in total. The van der Waals surface area contributed by atoms with E-state index >= 15 is 0 Å². The average molecular weight is 433 g/mol. The number of ether oxygens (including phenoxy) is 1. The number of rotatable bonds is 3. The molecule has 0 amide bonds. The summed E-state index contributed by atoms with van der Waals surface area (Å²) in [7, 11) is 1.71. The number of methoxy groups -OCH3 is 1. The zero-order valence-corrected chi connectivity index (χ0v) is 17.2. The van der Waals surface area contributed by atoms with Gasteiger partial charge in [-0.05, 0) is 60.0 Å². The van der Waals surface area contributed by atoms with Crippen LogP contribution in [0.5, 0.6) is 5.75 Å². The van der Waals surface area contributed by atoms with E-state index in [1.807, 2.05) is 12.1 Å². The number of hydrogen-bond acceptors (Lipinski definition) is 2. The zero-order chi connectivity index (χ0) is 19.1. The minimum absolute atomic E-state index is 0.168. The van der Waals surface area contributed by atoms with Crippen molar-refractivity contribution in [2.75, 3.05) is 18.6 Å². The predicted molar refractivity (Wildman–Crippen MR) is 118 cm³/mol. The Labute approximate surface area is 173 Å². The monoisotopic (exact) mass is 432 g/mol. The third-order valence-electron chi connectivity index (χ3n) is 5.66. The van der Waals surface area contributed by atoms with Crippen LogP contribution in [0.2, 0.25) is 0 Å². The number of aromatic nitrogens is 1. The molecule has 0 fully saturated rings. The summed E-state index contributed by atoms with van der Waals surface area (Å²) in [6.45, 7) is 0.981. The Balaban J connectivity index is 1.69. The highest BCUT2D eigenvalue weighted by Crippen LogP contribution is 2.41. The van der Waals surface area contributed by atoms with Gasteiger partial charge in [0, 0.05) is 39.4 Å². The first-order valence-corrected chi connectivity index (χ1v) is 10.3. The van der Waals surface area contributed by atoms with Crippen LogP contribution in [0.1, 0.15) is 22.7 Å². The average Bonchev–Trinajstić information content (AvgIpc) is 3.15. The van der Waals surface area contributed by atoms with Crippen molar-refractivity contribution in [1.82, 2.24) is 4.98 Å². The first-order valence-electron chi connectivity index (χ1n) is 9.49. The number of H-pyrrole nitrogens is 1. The van der Waals surface area contributed by atoms with Gasteiger partial charge in [0.25, 0.3) is 0 Å².